The number of hydrogen-bond donors (Lipinski definition) is 1. The summed E-state index contributed by atoms with van der Waals surface area (Å²) in [6, 6.07) is 10.5. The zero-order valence-corrected chi connectivity index (χ0v) is 15.4. The number of benzene rings is 1. The van der Waals surface area contributed by atoms with Gasteiger partial charge in [-0.1, -0.05) is 22.0 Å². The molecule has 0 amide bonds. The van der Waals surface area contributed by atoms with E-state index in [2.05, 4.69) is 15.9 Å². The van der Waals surface area contributed by atoms with Gasteiger partial charge in [-0.25, -0.2) is 4.39 Å². The molecule has 1 aromatic rings. The van der Waals surface area contributed by atoms with E-state index in [1.165, 1.54) is 6.07 Å². The number of allylic oxidation sites excluding steroid dienone is 3. The lowest BCUT2D eigenvalue weighted by molar-refractivity contribution is 0.357. The van der Waals surface area contributed by atoms with Gasteiger partial charge in [0.1, 0.15) is 11.9 Å². The van der Waals surface area contributed by atoms with E-state index in [0.29, 0.717) is 21.6 Å². The lowest BCUT2D eigenvalue weighted by Gasteiger charge is -2.43. The van der Waals surface area contributed by atoms with Crippen molar-refractivity contribution in [1.29, 1.82) is 15.8 Å². The van der Waals surface area contributed by atoms with E-state index in [9.17, 15) is 20.2 Å². The van der Waals surface area contributed by atoms with Crippen LogP contribution >= 0.6 is 27.7 Å². The van der Waals surface area contributed by atoms with Crippen LogP contribution in [-0.2, 0) is 0 Å². The van der Waals surface area contributed by atoms with Gasteiger partial charge in [0.05, 0.1) is 23.4 Å². The Morgan fingerprint density at radius 1 is 1.28 bits per heavy atom. The van der Waals surface area contributed by atoms with Crippen molar-refractivity contribution >= 4 is 27.7 Å². The fraction of sp³-hybridized carbons (Fsp3) is 0.278. The normalized spacial score (nSPS) is 24.4. The average Bonchev–Trinajstić information content (AvgIpc) is 2.63. The van der Waals surface area contributed by atoms with Crippen LogP contribution in [0.25, 0.3) is 0 Å². The van der Waals surface area contributed by atoms with Crippen LogP contribution in [0.15, 0.2) is 45.6 Å². The Balaban J connectivity index is 2.38. The minimum absolute atomic E-state index is 0.0845. The smallest absolute Gasteiger partial charge is 0.191 e. The van der Waals surface area contributed by atoms with Crippen LogP contribution in [0.5, 0.6) is 0 Å². The zero-order valence-electron chi connectivity index (χ0n) is 13.0. The predicted molar refractivity (Wildman–Crippen MR) is 96.2 cm³/mol. The summed E-state index contributed by atoms with van der Waals surface area (Å²) in [5.74, 6) is -0.304. The molecular formula is C18H12BrFN4S. The van der Waals surface area contributed by atoms with Crippen molar-refractivity contribution < 1.29 is 4.39 Å². The number of hydrogen-bond acceptors (Lipinski definition) is 5. The average molecular weight is 415 g/mol. The van der Waals surface area contributed by atoms with E-state index in [0.717, 1.165) is 0 Å². The fourth-order valence-corrected chi connectivity index (χ4v) is 5.02. The van der Waals surface area contributed by atoms with Crippen LogP contribution in [-0.4, -0.2) is 11.5 Å². The number of fused-ring (bicyclic) bond motifs is 1. The van der Waals surface area contributed by atoms with Crippen molar-refractivity contribution in [3.63, 3.8) is 0 Å². The number of halogens is 2. The van der Waals surface area contributed by atoms with Crippen LogP contribution in [0.4, 0.5) is 4.39 Å². The van der Waals surface area contributed by atoms with E-state index >= 15 is 0 Å². The van der Waals surface area contributed by atoms with Crippen LogP contribution < -0.4 is 5.73 Å². The highest BCUT2D eigenvalue weighted by Crippen LogP contribution is 2.55. The summed E-state index contributed by atoms with van der Waals surface area (Å²) in [4.78, 5) is 0. The molecule has 1 heterocycles. The second kappa shape index (κ2) is 6.56. The first kappa shape index (κ1) is 17.5. The van der Waals surface area contributed by atoms with Crippen molar-refractivity contribution in [3.05, 3.63) is 57.0 Å². The largest absolute Gasteiger partial charge is 0.399 e. The molecule has 1 aliphatic carbocycles. The molecule has 1 aliphatic heterocycles. The summed E-state index contributed by atoms with van der Waals surface area (Å²) in [5, 5.41) is 29.2. The second-order valence-corrected chi connectivity index (χ2v) is 7.87. The molecule has 3 rings (SSSR count). The molecule has 0 unspecified atom stereocenters. The van der Waals surface area contributed by atoms with Crippen molar-refractivity contribution in [3.8, 4) is 18.2 Å². The summed E-state index contributed by atoms with van der Waals surface area (Å²) >= 11 is 4.95. The van der Waals surface area contributed by atoms with E-state index in [-0.39, 0.29) is 22.8 Å². The second-order valence-electron chi connectivity index (χ2n) is 5.88. The molecule has 0 bridgehead atoms. The summed E-state index contributed by atoms with van der Waals surface area (Å²) in [6.07, 6.45) is 1.89. The lowest BCUT2D eigenvalue weighted by atomic mass is 9.59. The van der Waals surface area contributed by atoms with Gasteiger partial charge in [0.2, 0.25) is 0 Å². The third-order valence-corrected chi connectivity index (χ3v) is 6.22. The van der Waals surface area contributed by atoms with Crippen molar-refractivity contribution in [1.82, 2.24) is 0 Å². The molecule has 0 spiro atoms. The Morgan fingerprint density at radius 3 is 2.64 bits per heavy atom. The molecule has 0 aromatic heterocycles. The van der Waals surface area contributed by atoms with Crippen molar-refractivity contribution in [2.24, 2.45) is 17.1 Å². The van der Waals surface area contributed by atoms with Crippen LogP contribution in [0, 0.1) is 51.1 Å². The van der Waals surface area contributed by atoms with Gasteiger partial charge in [-0.3, -0.25) is 0 Å². The molecule has 0 fully saturated rings. The molecule has 4 nitrogen and oxygen atoms in total. The summed E-state index contributed by atoms with van der Waals surface area (Å²) in [5.41, 5.74) is 5.43. The van der Waals surface area contributed by atoms with Gasteiger partial charge in [0.25, 0.3) is 0 Å². The summed E-state index contributed by atoms with van der Waals surface area (Å²) in [6.45, 7) is 0. The molecule has 2 atom stereocenters. The van der Waals surface area contributed by atoms with Crippen LogP contribution in [0.1, 0.15) is 11.5 Å². The Kier molecular flexibility index (Phi) is 4.60. The number of rotatable bonds is 1. The standard InChI is InChI=1S/C18H12BrFN4S/c19-10-1-2-15(20)12(5-10)16-14-7-25-4-3-11(14)13(6-21)17(24)18(16,8-22)9-23/h1-3,5,14,16H,4,7,24H2/t14-,16+/m0/s1. The maximum absolute atomic E-state index is 14.6. The molecule has 7 heteroatoms. The van der Waals surface area contributed by atoms with Crippen LogP contribution in [0.3, 0.4) is 0 Å². The Bertz CT molecular complexity index is 918. The van der Waals surface area contributed by atoms with Gasteiger partial charge in [0.15, 0.2) is 5.41 Å². The monoisotopic (exact) mass is 414 g/mol. The van der Waals surface area contributed by atoms with Gasteiger partial charge in [-0.05, 0) is 29.3 Å². The van der Waals surface area contributed by atoms with Gasteiger partial charge in [-0.15, -0.1) is 0 Å². The first-order valence-electron chi connectivity index (χ1n) is 7.46. The molecular weight excluding hydrogens is 403 g/mol. The first-order chi connectivity index (χ1) is 12.0. The molecule has 0 saturated heterocycles. The number of nitriles is 3. The molecule has 2 aliphatic rings. The maximum atomic E-state index is 14.6. The zero-order chi connectivity index (χ0) is 18.2. The third kappa shape index (κ3) is 2.54. The lowest BCUT2D eigenvalue weighted by Crippen LogP contribution is -2.44. The minimum Gasteiger partial charge on any atom is -0.399 e. The molecule has 1 aromatic carbocycles. The van der Waals surface area contributed by atoms with Gasteiger partial charge >= 0.3 is 0 Å². The number of nitrogens with zero attached hydrogens (tertiary/aromatic N) is 3. The van der Waals surface area contributed by atoms with Gasteiger partial charge in [-0.2, -0.15) is 27.5 Å². The summed E-state index contributed by atoms with van der Waals surface area (Å²) < 4.78 is 15.3. The first-order valence-corrected chi connectivity index (χ1v) is 9.41. The Labute approximate surface area is 157 Å². The summed E-state index contributed by atoms with van der Waals surface area (Å²) in [7, 11) is 0. The van der Waals surface area contributed by atoms with Crippen LogP contribution in [0.2, 0.25) is 0 Å². The van der Waals surface area contributed by atoms with Crippen molar-refractivity contribution in [2.75, 3.05) is 11.5 Å². The number of nitrogens with two attached hydrogens (primary N) is 1. The van der Waals surface area contributed by atoms with E-state index in [1.54, 1.807) is 23.9 Å². The highest BCUT2D eigenvalue weighted by atomic mass is 79.9. The molecule has 0 saturated carbocycles. The molecule has 2 N–H and O–H groups in total. The highest BCUT2D eigenvalue weighted by Gasteiger charge is 2.54. The van der Waals surface area contributed by atoms with E-state index < -0.39 is 17.2 Å². The van der Waals surface area contributed by atoms with Gasteiger partial charge < -0.3 is 5.73 Å². The topological polar surface area (TPSA) is 97.4 Å². The quantitative estimate of drug-likeness (QED) is 0.754. The SMILES string of the molecule is N#CC1=C(N)C(C#N)(C#N)[C@H](c2cc(Br)ccc2F)[C@H]2CSCC=C12. The minimum atomic E-state index is -1.79. The highest BCUT2D eigenvalue weighted by molar-refractivity contribution is 9.10. The van der Waals surface area contributed by atoms with Crippen molar-refractivity contribution in [2.45, 2.75) is 5.92 Å². The molecule has 25 heavy (non-hydrogen) atoms. The van der Waals surface area contributed by atoms with E-state index in [4.69, 9.17) is 5.73 Å². The maximum Gasteiger partial charge on any atom is 0.191 e. The fourth-order valence-electron chi connectivity index (χ4n) is 3.58. The van der Waals surface area contributed by atoms with E-state index in [1.807, 2.05) is 24.3 Å². The Morgan fingerprint density at radius 2 is 2.00 bits per heavy atom. The number of thioether (sulfide) groups is 1. The third-order valence-electron chi connectivity index (χ3n) is 4.73. The van der Waals surface area contributed by atoms with Gasteiger partial charge in [0, 0.05) is 27.8 Å². The molecule has 0 radical (unpaired) electrons. The molecule has 124 valence electrons. The predicted octanol–water partition coefficient (Wildman–Crippen LogP) is 3.74. The Hall–Kier alpha value is -2.27.